The van der Waals surface area contributed by atoms with Crippen molar-refractivity contribution >= 4 is 17.3 Å². The molecule has 0 fully saturated rings. The molecule has 1 heterocycles. The van der Waals surface area contributed by atoms with Crippen LogP contribution in [-0.2, 0) is 0 Å². The number of hydrogen-bond donors (Lipinski definition) is 2. The van der Waals surface area contributed by atoms with E-state index < -0.39 is 0 Å². The van der Waals surface area contributed by atoms with Crippen LogP contribution in [0.2, 0.25) is 0 Å². The van der Waals surface area contributed by atoms with Gasteiger partial charge in [0.05, 0.1) is 18.4 Å². The summed E-state index contributed by atoms with van der Waals surface area (Å²) in [4.78, 5) is 16.4. The van der Waals surface area contributed by atoms with Crippen LogP contribution in [0.5, 0.6) is 5.75 Å². The van der Waals surface area contributed by atoms with Crippen molar-refractivity contribution in [1.82, 2.24) is 4.98 Å². The van der Waals surface area contributed by atoms with Crippen LogP contribution in [0.1, 0.15) is 30.1 Å². The average Bonchev–Trinajstić information content (AvgIpc) is 2.55. The molecule has 0 bridgehead atoms. The van der Waals surface area contributed by atoms with Gasteiger partial charge in [-0.2, -0.15) is 0 Å². The molecule has 0 atom stereocenters. The summed E-state index contributed by atoms with van der Waals surface area (Å²) in [6.07, 6.45) is 5.48. The van der Waals surface area contributed by atoms with Crippen molar-refractivity contribution in [3.63, 3.8) is 0 Å². The predicted molar refractivity (Wildman–Crippen MR) is 88.6 cm³/mol. The number of rotatable bonds is 7. The van der Waals surface area contributed by atoms with Gasteiger partial charge in [0.25, 0.3) is 5.91 Å². The SMILES string of the molecule is CCCCNc1cncc(C(=O)Nc2cccc(OC)c2)c1. The van der Waals surface area contributed by atoms with E-state index in [1.807, 2.05) is 18.2 Å². The molecule has 1 aromatic carbocycles. The maximum absolute atomic E-state index is 12.3. The predicted octanol–water partition coefficient (Wildman–Crippen LogP) is 3.55. The van der Waals surface area contributed by atoms with E-state index in [0.717, 1.165) is 25.1 Å². The molecule has 0 spiro atoms. The summed E-state index contributed by atoms with van der Waals surface area (Å²) in [5.74, 6) is 0.505. The number of aromatic nitrogens is 1. The minimum absolute atomic E-state index is 0.195. The van der Waals surface area contributed by atoms with Crippen molar-refractivity contribution in [3.8, 4) is 5.75 Å². The largest absolute Gasteiger partial charge is 0.497 e. The first-order valence-corrected chi connectivity index (χ1v) is 7.37. The molecule has 0 aliphatic carbocycles. The van der Waals surface area contributed by atoms with Gasteiger partial charge in [-0.1, -0.05) is 19.4 Å². The highest BCUT2D eigenvalue weighted by Crippen LogP contribution is 2.18. The molecule has 0 aliphatic rings. The highest BCUT2D eigenvalue weighted by Gasteiger charge is 2.08. The van der Waals surface area contributed by atoms with Gasteiger partial charge in [-0.05, 0) is 24.6 Å². The van der Waals surface area contributed by atoms with Gasteiger partial charge in [-0.15, -0.1) is 0 Å². The fraction of sp³-hybridized carbons (Fsp3) is 0.294. The Kier molecular flexibility index (Phi) is 5.77. The fourth-order valence-electron chi connectivity index (χ4n) is 1.97. The van der Waals surface area contributed by atoms with E-state index in [1.54, 1.807) is 31.6 Å². The number of carbonyl (C=O) groups excluding carboxylic acids is 1. The third-order valence-corrected chi connectivity index (χ3v) is 3.19. The molecular weight excluding hydrogens is 278 g/mol. The second-order valence-electron chi connectivity index (χ2n) is 4.93. The monoisotopic (exact) mass is 299 g/mol. The van der Waals surface area contributed by atoms with E-state index >= 15 is 0 Å². The first kappa shape index (κ1) is 15.8. The molecule has 5 heteroatoms. The molecule has 1 aromatic heterocycles. The number of ether oxygens (including phenoxy) is 1. The summed E-state index contributed by atoms with van der Waals surface area (Å²) >= 11 is 0. The normalized spacial score (nSPS) is 10.1. The van der Waals surface area contributed by atoms with Gasteiger partial charge in [0.15, 0.2) is 0 Å². The van der Waals surface area contributed by atoms with E-state index in [2.05, 4.69) is 22.5 Å². The molecule has 2 N–H and O–H groups in total. The van der Waals surface area contributed by atoms with E-state index in [1.165, 1.54) is 0 Å². The highest BCUT2D eigenvalue weighted by atomic mass is 16.5. The lowest BCUT2D eigenvalue weighted by Crippen LogP contribution is -2.13. The number of nitrogens with one attached hydrogen (secondary N) is 2. The smallest absolute Gasteiger partial charge is 0.257 e. The van der Waals surface area contributed by atoms with Crippen LogP contribution in [0.25, 0.3) is 0 Å². The van der Waals surface area contributed by atoms with Crippen molar-refractivity contribution < 1.29 is 9.53 Å². The number of methoxy groups -OCH3 is 1. The molecule has 5 nitrogen and oxygen atoms in total. The van der Waals surface area contributed by atoms with Crippen molar-refractivity contribution in [2.45, 2.75) is 19.8 Å². The summed E-state index contributed by atoms with van der Waals surface area (Å²) in [5.41, 5.74) is 2.06. The maximum atomic E-state index is 12.3. The zero-order valence-corrected chi connectivity index (χ0v) is 12.9. The summed E-state index contributed by atoms with van der Waals surface area (Å²) in [7, 11) is 1.59. The summed E-state index contributed by atoms with van der Waals surface area (Å²) < 4.78 is 5.14. The Morgan fingerprint density at radius 3 is 2.86 bits per heavy atom. The summed E-state index contributed by atoms with van der Waals surface area (Å²) in [6, 6.07) is 9.05. The van der Waals surface area contributed by atoms with Crippen LogP contribution in [0.15, 0.2) is 42.7 Å². The molecular formula is C17H21N3O2. The molecule has 0 saturated carbocycles. The first-order chi connectivity index (χ1) is 10.7. The minimum Gasteiger partial charge on any atom is -0.497 e. The average molecular weight is 299 g/mol. The number of hydrogen-bond acceptors (Lipinski definition) is 4. The third-order valence-electron chi connectivity index (χ3n) is 3.19. The lowest BCUT2D eigenvalue weighted by molar-refractivity contribution is 0.102. The number of carbonyl (C=O) groups is 1. The molecule has 116 valence electrons. The van der Waals surface area contributed by atoms with Crippen LogP contribution in [0.4, 0.5) is 11.4 Å². The number of amides is 1. The second-order valence-corrected chi connectivity index (χ2v) is 4.93. The highest BCUT2D eigenvalue weighted by molar-refractivity contribution is 6.04. The molecule has 0 unspecified atom stereocenters. The number of benzene rings is 1. The van der Waals surface area contributed by atoms with Crippen molar-refractivity contribution in [2.75, 3.05) is 24.3 Å². The van der Waals surface area contributed by atoms with Gasteiger partial charge >= 0.3 is 0 Å². The maximum Gasteiger partial charge on any atom is 0.257 e. The van der Waals surface area contributed by atoms with Gasteiger partial charge < -0.3 is 15.4 Å². The zero-order valence-electron chi connectivity index (χ0n) is 12.9. The Morgan fingerprint density at radius 2 is 2.09 bits per heavy atom. The van der Waals surface area contributed by atoms with E-state index in [9.17, 15) is 4.79 Å². The first-order valence-electron chi connectivity index (χ1n) is 7.37. The molecule has 0 aliphatic heterocycles. The lowest BCUT2D eigenvalue weighted by Gasteiger charge is -2.09. The molecule has 0 saturated heterocycles. The van der Waals surface area contributed by atoms with Gasteiger partial charge in [-0.3, -0.25) is 9.78 Å². The Morgan fingerprint density at radius 1 is 1.23 bits per heavy atom. The molecule has 1 amide bonds. The number of pyridine rings is 1. The van der Waals surface area contributed by atoms with E-state index in [4.69, 9.17) is 4.74 Å². The second kappa shape index (κ2) is 8.02. The third kappa shape index (κ3) is 4.48. The molecule has 2 aromatic rings. The molecule has 22 heavy (non-hydrogen) atoms. The standard InChI is InChI=1S/C17H21N3O2/c1-3-4-8-19-15-9-13(11-18-12-15)17(21)20-14-6-5-7-16(10-14)22-2/h5-7,9-12,19H,3-4,8H2,1-2H3,(H,20,21). The van der Waals surface area contributed by atoms with Gasteiger partial charge in [0.1, 0.15) is 5.75 Å². The topological polar surface area (TPSA) is 63.2 Å². The van der Waals surface area contributed by atoms with E-state index in [-0.39, 0.29) is 5.91 Å². The van der Waals surface area contributed by atoms with Gasteiger partial charge in [-0.25, -0.2) is 0 Å². The Hall–Kier alpha value is -2.56. The van der Waals surface area contributed by atoms with E-state index in [0.29, 0.717) is 17.0 Å². The van der Waals surface area contributed by atoms with Crippen LogP contribution in [0.3, 0.4) is 0 Å². The summed E-state index contributed by atoms with van der Waals surface area (Å²) in [6.45, 7) is 3.01. The number of nitrogens with zero attached hydrogens (tertiary/aromatic N) is 1. The quantitative estimate of drug-likeness (QED) is 0.767. The summed E-state index contributed by atoms with van der Waals surface area (Å²) in [5, 5.41) is 6.10. The fourth-order valence-corrected chi connectivity index (χ4v) is 1.97. The van der Waals surface area contributed by atoms with Gasteiger partial charge in [0, 0.05) is 30.7 Å². The Balaban J connectivity index is 2.03. The van der Waals surface area contributed by atoms with Crippen LogP contribution >= 0.6 is 0 Å². The van der Waals surface area contributed by atoms with Crippen LogP contribution in [0, 0.1) is 0 Å². The van der Waals surface area contributed by atoms with Crippen LogP contribution < -0.4 is 15.4 Å². The Labute approximate surface area is 130 Å². The molecule has 2 rings (SSSR count). The number of anilines is 2. The van der Waals surface area contributed by atoms with Crippen LogP contribution in [-0.4, -0.2) is 24.5 Å². The molecule has 0 radical (unpaired) electrons. The van der Waals surface area contributed by atoms with Crippen molar-refractivity contribution in [2.24, 2.45) is 0 Å². The zero-order chi connectivity index (χ0) is 15.8. The lowest BCUT2D eigenvalue weighted by atomic mass is 10.2. The van der Waals surface area contributed by atoms with Gasteiger partial charge in [0.2, 0.25) is 0 Å². The van der Waals surface area contributed by atoms with Crippen molar-refractivity contribution in [3.05, 3.63) is 48.3 Å². The Bertz CT molecular complexity index is 629. The van der Waals surface area contributed by atoms with Crippen molar-refractivity contribution in [1.29, 1.82) is 0 Å². The number of unbranched alkanes of at least 4 members (excludes halogenated alkanes) is 1. The minimum atomic E-state index is -0.195.